The minimum absolute atomic E-state index is 0.110. The Kier molecular flexibility index (Phi) is 8.00. The van der Waals surface area contributed by atoms with Gasteiger partial charge in [0.15, 0.2) is 0 Å². The molecule has 210 valence electrons. The van der Waals surface area contributed by atoms with Crippen molar-refractivity contribution in [3.8, 4) is 5.75 Å². The summed E-state index contributed by atoms with van der Waals surface area (Å²) in [5.41, 5.74) is 2.16. The summed E-state index contributed by atoms with van der Waals surface area (Å²) < 4.78 is 57.0. The van der Waals surface area contributed by atoms with Crippen LogP contribution in [0.4, 0.5) is 28.0 Å². The lowest BCUT2D eigenvalue weighted by Gasteiger charge is -2.35. The van der Waals surface area contributed by atoms with E-state index in [2.05, 4.69) is 15.0 Å². The van der Waals surface area contributed by atoms with Crippen molar-refractivity contribution in [2.45, 2.75) is 31.2 Å². The van der Waals surface area contributed by atoms with Gasteiger partial charge in [-0.15, -0.1) is 13.2 Å². The van der Waals surface area contributed by atoms with Crippen LogP contribution in [0, 0.1) is 5.95 Å². The first-order valence-electron chi connectivity index (χ1n) is 12.8. The van der Waals surface area contributed by atoms with Crippen molar-refractivity contribution in [1.29, 1.82) is 0 Å². The second-order valence-electron chi connectivity index (χ2n) is 9.95. The molecule has 11 heteroatoms. The quantitative estimate of drug-likeness (QED) is 0.268. The van der Waals surface area contributed by atoms with Crippen LogP contribution in [0.2, 0.25) is 5.02 Å². The zero-order valence-corrected chi connectivity index (χ0v) is 22.2. The van der Waals surface area contributed by atoms with Crippen LogP contribution < -0.4 is 15.0 Å². The van der Waals surface area contributed by atoms with Crippen LogP contribution in [0.3, 0.4) is 0 Å². The van der Waals surface area contributed by atoms with Gasteiger partial charge in [-0.05, 0) is 85.1 Å². The smallest absolute Gasteiger partial charge is 0.406 e. The molecule has 6 nitrogen and oxygen atoms in total. The molecule has 1 N–H and O–H groups in total. The molecule has 0 atom stereocenters. The van der Waals surface area contributed by atoms with E-state index in [1.54, 1.807) is 28.0 Å². The number of amides is 2. The molecule has 1 aromatic heterocycles. The maximum atomic E-state index is 14.1. The second-order valence-corrected chi connectivity index (χ2v) is 10.4. The number of alkyl halides is 3. The summed E-state index contributed by atoms with van der Waals surface area (Å²) in [5.74, 6) is -0.965. The average Bonchev–Trinajstić information content (AvgIpc) is 3.21. The van der Waals surface area contributed by atoms with Crippen molar-refractivity contribution >= 4 is 29.4 Å². The normalized spacial score (nSPS) is 16.4. The SMILES string of the molecule is O=C(N(CC=Cc1ccc(Cl)cc1)Cc1ccnc(F)c1)N1CC2(CCNCC2)c2cc(OC(F)(F)F)ccc21. The first-order chi connectivity index (χ1) is 19.1. The predicted molar refractivity (Wildman–Crippen MR) is 145 cm³/mol. The van der Waals surface area contributed by atoms with E-state index in [1.165, 1.54) is 30.5 Å². The summed E-state index contributed by atoms with van der Waals surface area (Å²) in [5, 5.41) is 3.90. The summed E-state index contributed by atoms with van der Waals surface area (Å²) in [6.45, 7) is 1.99. The van der Waals surface area contributed by atoms with Crippen molar-refractivity contribution < 1.29 is 27.1 Å². The van der Waals surface area contributed by atoms with Crippen molar-refractivity contribution in [2.75, 3.05) is 31.1 Å². The van der Waals surface area contributed by atoms with Crippen LogP contribution in [0.1, 0.15) is 29.5 Å². The topological polar surface area (TPSA) is 57.7 Å². The van der Waals surface area contributed by atoms with Gasteiger partial charge in [-0.3, -0.25) is 4.90 Å². The molecule has 2 aliphatic heterocycles. The number of rotatable bonds is 6. The number of anilines is 1. The fraction of sp³-hybridized carbons (Fsp3) is 0.310. The Bertz CT molecular complexity index is 1390. The molecule has 0 saturated carbocycles. The lowest BCUT2D eigenvalue weighted by atomic mass is 9.75. The lowest BCUT2D eigenvalue weighted by molar-refractivity contribution is -0.274. The van der Waals surface area contributed by atoms with E-state index in [1.807, 2.05) is 24.3 Å². The van der Waals surface area contributed by atoms with Gasteiger partial charge in [0.2, 0.25) is 5.95 Å². The van der Waals surface area contributed by atoms with Gasteiger partial charge in [-0.2, -0.15) is 4.39 Å². The number of benzene rings is 2. The molecule has 1 spiro atoms. The molecule has 5 rings (SSSR count). The van der Waals surface area contributed by atoms with Gasteiger partial charge in [-0.1, -0.05) is 35.9 Å². The standard InChI is InChI=1S/C29H27ClF4N4O2/c30-22-5-3-20(4-6-22)2-1-15-37(18-21-9-12-36-26(31)16-21)27(39)38-19-28(10-13-35-14-11-28)24-17-23(7-8-25(24)38)40-29(32,33)34/h1-9,12,16-17,35H,10-11,13-15,18-19H2. The maximum absolute atomic E-state index is 14.1. The highest BCUT2D eigenvalue weighted by molar-refractivity contribution is 6.30. The number of fused-ring (bicyclic) bond motifs is 2. The molecule has 2 amide bonds. The number of hydrogen-bond donors (Lipinski definition) is 1. The number of piperidine rings is 1. The highest BCUT2D eigenvalue weighted by Gasteiger charge is 2.46. The van der Waals surface area contributed by atoms with Crippen LogP contribution in [0.15, 0.2) is 66.9 Å². The molecule has 0 unspecified atom stereocenters. The number of aromatic nitrogens is 1. The number of hydrogen-bond acceptors (Lipinski definition) is 4. The molecule has 0 aliphatic carbocycles. The van der Waals surface area contributed by atoms with E-state index in [0.717, 1.165) is 5.56 Å². The summed E-state index contributed by atoms with van der Waals surface area (Å²) in [7, 11) is 0. The highest BCUT2D eigenvalue weighted by atomic mass is 35.5. The third kappa shape index (κ3) is 6.39. The highest BCUT2D eigenvalue weighted by Crippen LogP contribution is 2.48. The number of urea groups is 1. The fourth-order valence-electron chi connectivity index (χ4n) is 5.38. The lowest BCUT2D eigenvalue weighted by Crippen LogP contribution is -2.47. The summed E-state index contributed by atoms with van der Waals surface area (Å²) >= 11 is 5.97. The van der Waals surface area contributed by atoms with E-state index < -0.39 is 17.7 Å². The van der Waals surface area contributed by atoms with Gasteiger partial charge in [0, 0.05) is 42.0 Å². The van der Waals surface area contributed by atoms with Gasteiger partial charge in [0.05, 0.1) is 0 Å². The molecule has 3 heterocycles. The van der Waals surface area contributed by atoms with Crippen LogP contribution in [-0.2, 0) is 12.0 Å². The monoisotopic (exact) mass is 574 g/mol. The molecule has 1 fully saturated rings. The number of nitrogens with one attached hydrogen (secondary N) is 1. The molecule has 40 heavy (non-hydrogen) atoms. The van der Waals surface area contributed by atoms with Crippen LogP contribution in [0.5, 0.6) is 5.75 Å². The molecule has 2 aromatic carbocycles. The number of nitrogens with zero attached hydrogens (tertiary/aromatic N) is 3. The first kappa shape index (κ1) is 27.9. The van der Waals surface area contributed by atoms with E-state index in [0.29, 0.717) is 54.3 Å². The van der Waals surface area contributed by atoms with Crippen LogP contribution >= 0.6 is 11.6 Å². The summed E-state index contributed by atoms with van der Waals surface area (Å²) in [6, 6.07) is 14.0. The minimum atomic E-state index is -4.82. The molecule has 2 aliphatic rings. The number of ether oxygens (including phenoxy) is 1. The Morgan fingerprint density at radius 1 is 1.12 bits per heavy atom. The number of carbonyl (C=O) groups excluding carboxylic acids is 1. The van der Waals surface area contributed by atoms with Crippen molar-refractivity contribution in [2.24, 2.45) is 0 Å². The number of pyridine rings is 1. The Morgan fingerprint density at radius 2 is 1.88 bits per heavy atom. The Morgan fingerprint density at radius 3 is 2.58 bits per heavy atom. The molecular formula is C29H27ClF4N4O2. The van der Waals surface area contributed by atoms with Gasteiger partial charge >= 0.3 is 12.4 Å². The van der Waals surface area contributed by atoms with Gasteiger partial charge in [0.25, 0.3) is 0 Å². The molecule has 1 saturated heterocycles. The Labute approximate surface area is 234 Å². The first-order valence-corrected chi connectivity index (χ1v) is 13.2. The Hall–Kier alpha value is -3.63. The largest absolute Gasteiger partial charge is 0.573 e. The van der Waals surface area contributed by atoms with Crippen LogP contribution in [-0.4, -0.2) is 48.5 Å². The van der Waals surface area contributed by atoms with E-state index in [4.69, 9.17) is 11.6 Å². The number of halogens is 5. The molecule has 0 bridgehead atoms. The third-order valence-corrected chi connectivity index (χ3v) is 7.51. The summed E-state index contributed by atoms with van der Waals surface area (Å²) in [6.07, 6.45) is 1.52. The zero-order chi connectivity index (χ0) is 28.3. The van der Waals surface area contributed by atoms with E-state index >= 15 is 0 Å². The van der Waals surface area contributed by atoms with Gasteiger partial charge < -0.3 is 15.0 Å². The molecule has 0 radical (unpaired) electrons. The zero-order valence-electron chi connectivity index (χ0n) is 21.4. The van der Waals surface area contributed by atoms with Crippen molar-refractivity contribution in [3.05, 3.63) is 94.5 Å². The second kappa shape index (κ2) is 11.5. The van der Waals surface area contributed by atoms with Crippen molar-refractivity contribution in [3.63, 3.8) is 0 Å². The third-order valence-electron chi connectivity index (χ3n) is 7.26. The average molecular weight is 575 g/mol. The van der Waals surface area contributed by atoms with E-state index in [-0.39, 0.29) is 24.9 Å². The van der Waals surface area contributed by atoms with Crippen LogP contribution in [0.25, 0.3) is 6.08 Å². The van der Waals surface area contributed by atoms with Gasteiger partial charge in [-0.25, -0.2) is 9.78 Å². The summed E-state index contributed by atoms with van der Waals surface area (Å²) in [4.78, 5) is 20.9. The van der Waals surface area contributed by atoms with E-state index in [9.17, 15) is 22.4 Å². The predicted octanol–water partition coefficient (Wildman–Crippen LogP) is 6.55. The molecule has 3 aromatic rings. The minimum Gasteiger partial charge on any atom is -0.406 e. The Balaban J connectivity index is 1.46. The maximum Gasteiger partial charge on any atom is 0.573 e. The van der Waals surface area contributed by atoms with Crippen molar-refractivity contribution in [1.82, 2.24) is 15.2 Å². The van der Waals surface area contributed by atoms with Gasteiger partial charge in [0.1, 0.15) is 5.75 Å². The fourth-order valence-corrected chi connectivity index (χ4v) is 5.51. The number of carbonyl (C=O) groups is 1. The molecular weight excluding hydrogens is 548 g/mol.